The summed E-state index contributed by atoms with van der Waals surface area (Å²) >= 11 is 11.4. The van der Waals surface area contributed by atoms with E-state index in [4.69, 9.17) is 28.3 Å². The van der Waals surface area contributed by atoms with E-state index in [9.17, 15) is 0 Å². The number of rotatable bonds is 3. The molecule has 1 fully saturated rings. The van der Waals surface area contributed by atoms with Gasteiger partial charge in [-0.15, -0.1) is 0 Å². The zero-order chi connectivity index (χ0) is 11.5. The lowest BCUT2D eigenvalue weighted by Gasteiger charge is -2.15. The van der Waals surface area contributed by atoms with Crippen LogP contribution in [0.5, 0.6) is 0 Å². The zero-order valence-corrected chi connectivity index (χ0v) is 10.1. The van der Waals surface area contributed by atoms with Crippen LogP contribution >= 0.6 is 23.2 Å². The molecular weight excluding hydrogens is 251 g/mol. The van der Waals surface area contributed by atoms with Crippen LogP contribution in [0.1, 0.15) is 12.8 Å². The molecule has 0 aromatic carbocycles. The van der Waals surface area contributed by atoms with E-state index >= 15 is 0 Å². The number of anilines is 1. The van der Waals surface area contributed by atoms with Crippen LogP contribution in [0.3, 0.4) is 0 Å². The SMILES string of the molecule is OCCC1CCN(c2nc(Cl)nc(Cl)n2)C1. The minimum Gasteiger partial charge on any atom is -0.396 e. The first-order valence-corrected chi connectivity index (χ1v) is 5.87. The second kappa shape index (κ2) is 5.12. The van der Waals surface area contributed by atoms with E-state index < -0.39 is 0 Å². The molecular formula is C9H12Cl2N4O. The van der Waals surface area contributed by atoms with E-state index in [1.807, 2.05) is 4.90 Å². The summed E-state index contributed by atoms with van der Waals surface area (Å²) in [6.07, 6.45) is 1.84. The van der Waals surface area contributed by atoms with Crippen molar-refractivity contribution in [2.24, 2.45) is 5.92 Å². The van der Waals surface area contributed by atoms with Gasteiger partial charge in [-0.05, 0) is 42.0 Å². The van der Waals surface area contributed by atoms with Gasteiger partial charge in [0.1, 0.15) is 0 Å². The summed E-state index contributed by atoms with van der Waals surface area (Å²) < 4.78 is 0. The Labute approximate surface area is 103 Å². The first-order valence-electron chi connectivity index (χ1n) is 5.12. The summed E-state index contributed by atoms with van der Waals surface area (Å²) in [4.78, 5) is 13.8. The van der Waals surface area contributed by atoms with Gasteiger partial charge >= 0.3 is 0 Å². The van der Waals surface area contributed by atoms with Crippen LogP contribution in [0.25, 0.3) is 0 Å². The second-order valence-electron chi connectivity index (χ2n) is 3.79. The van der Waals surface area contributed by atoms with Crippen molar-refractivity contribution in [1.29, 1.82) is 0 Å². The van der Waals surface area contributed by atoms with Crippen molar-refractivity contribution in [2.75, 3.05) is 24.6 Å². The highest BCUT2D eigenvalue weighted by atomic mass is 35.5. The molecule has 0 saturated carbocycles. The fourth-order valence-electron chi connectivity index (χ4n) is 1.89. The van der Waals surface area contributed by atoms with Crippen molar-refractivity contribution < 1.29 is 5.11 Å². The van der Waals surface area contributed by atoms with Crippen LogP contribution in [0.4, 0.5) is 5.95 Å². The molecule has 1 aliphatic rings. The van der Waals surface area contributed by atoms with Crippen LogP contribution in [0.15, 0.2) is 0 Å². The van der Waals surface area contributed by atoms with Crippen LogP contribution in [0, 0.1) is 5.92 Å². The van der Waals surface area contributed by atoms with Crippen LogP contribution in [0.2, 0.25) is 10.6 Å². The Morgan fingerprint density at radius 3 is 2.56 bits per heavy atom. The lowest BCUT2D eigenvalue weighted by Crippen LogP contribution is -2.22. The Kier molecular flexibility index (Phi) is 3.78. The van der Waals surface area contributed by atoms with Gasteiger partial charge in [-0.2, -0.15) is 15.0 Å². The highest BCUT2D eigenvalue weighted by molar-refractivity contribution is 6.31. The Morgan fingerprint density at radius 1 is 1.25 bits per heavy atom. The molecule has 0 bridgehead atoms. The predicted octanol–water partition coefficient (Wildman–Crippen LogP) is 1.39. The minimum atomic E-state index is 0.112. The van der Waals surface area contributed by atoms with Gasteiger partial charge in [-0.3, -0.25) is 0 Å². The van der Waals surface area contributed by atoms with Crippen LogP contribution < -0.4 is 4.90 Å². The Morgan fingerprint density at radius 2 is 1.94 bits per heavy atom. The average molecular weight is 263 g/mol. The summed E-state index contributed by atoms with van der Waals surface area (Å²) in [5.74, 6) is 1.00. The number of hydrogen-bond acceptors (Lipinski definition) is 5. The predicted molar refractivity (Wildman–Crippen MR) is 61.9 cm³/mol. The highest BCUT2D eigenvalue weighted by Crippen LogP contribution is 2.24. The molecule has 1 N–H and O–H groups in total. The second-order valence-corrected chi connectivity index (χ2v) is 4.46. The summed E-state index contributed by atoms with van der Waals surface area (Å²) in [5, 5.41) is 9.09. The molecule has 0 spiro atoms. The van der Waals surface area contributed by atoms with Crippen molar-refractivity contribution in [3.63, 3.8) is 0 Å². The van der Waals surface area contributed by atoms with Gasteiger partial charge < -0.3 is 10.0 Å². The van der Waals surface area contributed by atoms with E-state index in [1.165, 1.54) is 0 Å². The van der Waals surface area contributed by atoms with Crippen molar-refractivity contribution in [2.45, 2.75) is 12.8 Å². The Bertz CT molecular complexity index is 356. The maximum atomic E-state index is 8.87. The molecule has 5 nitrogen and oxygen atoms in total. The van der Waals surface area contributed by atoms with Gasteiger partial charge in [0.05, 0.1) is 0 Å². The monoisotopic (exact) mass is 262 g/mol. The number of nitrogens with zero attached hydrogens (tertiary/aromatic N) is 4. The summed E-state index contributed by atoms with van der Waals surface area (Å²) in [6, 6.07) is 0. The normalized spacial score (nSPS) is 20.4. The smallest absolute Gasteiger partial charge is 0.230 e. The van der Waals surface area contributed by atoms with Crippen molar-refractivity contribution in [1.82, 2.24) is 15.0 Å². The average Bonchev–Trinajstić information content (AvgIpc) is 2.65. The molecule has 1 atom stereocenters. The standard InChI is InChI=1S/C9H12Cl2N4O/c10-7-12-8(11)14-9(13-7)15-3-1-6(5-15)2-4-16/h6,16H,1-5H2. The first-order chi connectivity index (χ1) is 7.69. The third-order valence-corrected chi connectivity index (χ3v) is 3.01. The van der Waals surface area contributed by atoms with Gasteiger partial charge in [0.25, 0.3) is 0 Å². The van der Waals surface area contributed by atoms with E-state index in [2.05, 4.69) is 15.0 Å². The van der Waals surface area contributed by atoms with E-state index in [1.54, 1.807) is 0 Å². The number of halogens is 2. The molecule has 7 heteroatoms. The number of aliphatic hydroxyl groups excluding tert-OH is 1. The molecule has 1 aliphatic heterocycles. The molecule has 16 heavy (non-hydrogen) atoms. The molecule has 1 aromatic rings. The van der Waals surface area contributed by atoms with Crippen LogP contribution in [-0.4, -0.2) is 39.8 Å². The molecule has 1 saturated heterocycles. The lowest BCUT2D eigenvalue weighted by atomic mass is 10.1. The summed E-state index contributed by atoms with van der Waals surface area (Å²) in [6.45, 7) is 1.91. The molecule has 1 aromatic heterocycles. The molecule has 1 unspecified atom stereocenters. The van der Waals surface area contributed by atoms with Crippen molar-refractivity contribution >= 4 is 29.2 Å². The van der Waals surface area contributed by atoms with Crippen molar-refractivity contribution in [3.8, 4) is 0 Å². The molecule has 0 amide bonds. The molecule has 0 aliphatic carbocycles. The lowest BCUT2D eigenvalue weighted by molar-refractivity contribution is 0.263. The van der Waals surface area contributed by atoms with Crippen molar-refractivity contribution in [3.05, 3.63) is 10.6 Å². The van der Waals surface area contributed by atoms with E-state index in [-0.39, 0.29) is 17.2 Å². The maximum absolute atomic E-state index is 8.87. The topological polar surface area (TPSA) is 62.1 Å². The Hall–Kier alpha value is -0.650. The summed E-state index contributed by atoms with van der Waals surface area (Å²) in [5.41, 5.74) is 0. The van der Waals surface area contributed by atoms with Gasteiger partial charge in [-0.1, -0.05) is 0 Å². The van der Waals surface area contributed by atoms with Gasteiger partial charge in [0.15, 0.2) is 0 Å². The fourth-order valence-corrected chi connectivity index (χ4v) is 2.24. The Balaban J connectivity index is 2.08. The minimum absolute atomic E-state index is 0.112. The highest BCUT2D eigenvalue weighted by Gasteiger charge is 2.24. The third kappa shape index (κ3) is 2.72. The molecule has 2 heterocycles. The maximum Gasteiger partial charge on any atom is 0.230 e. The van der Waals surface area contributed by atoms with E-state index in [0.29, 0.717) is 11.9 Å². The zero-order valence-electron chi connectivity index (χ0n) is 8.60. The van der Waals surface area contributed by atoms with Gasteiger partial charge in [0, 0.05) is 19.7 Å². The molecule has 0 radical (unpaired) electrons. The number of aliphatic hydroxyl groups is 1. The van der Waals surface area contributed by atoms with E-state index in [0.717, 1.165) is 25.9 Å². The number of hydrogen-bond donors (Lipinski definition) is 1. The van der Waals surface area contributed by atoms with Gasteiger partial charge in [-0.25, -0.2) is 0 Å². The van der Waals surface area contributed by atoms with Crippen LogP contribution in [-0.2, 0) is 0 Å². The number of aromatic nitrogens is 3. The summed E-state index contributed by atoms with van der Waals surface area (Å²) in [7, 11) is 0. The fraction of sp³-hybridized carbons (Fsp3) is 0.667. The quantitative estimate of drug-likeness (QED) is 0.892. The first kappa shape index (κ1) is 11.8. The third-order valence-electron chi connectivity index (χ3n) is 2.68. The molecule has 2 rings (SSSR count). The largest absolute Gasteiger partial charge is 0.396 e. The molecule has 88 valence electrons. The van der Waals surface area contributed by atoms with Gasteiger partial charge in [0.2, 0.25) is 16.5 Å².